The topological polar surface area (TPSA) is 66.4 Å². The summed E-state index contributed by atoms with van der Waals surface area (Å²) in [6, 6.07) is 7.63. The van der Waals surface area contributed by atoms with E-state index in [0.717, 1.165) is 11.1 Å². The Hall–Kier alpha value is -1.84. The first kappa shape index (κ1) is 14.2. The molecule has 1 aromatic carbocycles. The average Bonchev–Trinajstić information content (AvgIpc) is 2.29. The highest BCUT2D eigenvalue weighted by molar-refractivity contribution is 5.79. The van der Waals surface area contributed by atoms with Crippen LogP contribution in [0.15, 0.2) is 24.3 Å². The molecule has 4 heteroatoms. The molecule has 0 heterocycles. The number of hydrogen-bond acceptors (Lipinski definition) is 2. The molecule has 0 radical (unpaired) electrons. The van der Waals surface area contributed by atoms with E-state index in [-0.39, 0.29) is 18.4 Å². The number of carbonyl (C=O) groups excluding carboxylic acids is 1. The molecule has 1 atom stereocenters. The van der Waals surface area contributed by atoms with Crippen LogP contribution in [0.3, 0.4) is 0 Å². The van der Waals surface area contributed by atoms with Gasteiger partial charge in [0.05, 0.1) is 6.42 Å². The number of aliphatic carboxylic acids is 1. The average molecular weight is 249 g/mol. The standard InChI is InChI=1S/C14H19NO3/c1-10-5-3-4-6-12(10)9-13(16)15-11(2)7-8-14(17)18/h3-6,11H,7-9H2,1-2H3,(H,15,16)(H,17,18). The molecule has 1 amide bonds. The highest BCUT2D eigenvalue weighted by Gasteiger charge is 2.10. The van der Waals surface area contributed by atoms with Crippen molar-refractivity contribution < 1.29 is 14.7 Å². The monoisotopic (exact) mass is 249 g/mol. The molecule has 2 N–H and O–H groups in total. The second kappa shape index (κ2) is 6.79. The molecule has 0 aliphatic heterocycles. The van der Waals surface area contributed by atoms with Gasteiger partial charge >= 0.3 is 5.97 Å². The number of benzene rings is 1. The van der Waals surface area contributed by atoms with Crippen molar-refractivity contribution in [3.8, 4) is 0 Å². The van der Waals surface area contributed by atoms with E-state index in [4.69, 9.17) is 5.11 Å². The molecule has 1 rings (SSSR count). The normalized spacial score (nSPS) is 11.9. The first-order valence-corrected chi connectivity index (χ1v) is 6.04. The minimum atomic E-state index is -0.838. The van der Waals surface area contributed by atoms with E-state index >= 15 is 0 Å². The van der Waals surface area contributed by atoms with Crippen LogP contribution < -0.4 is 5.32 Å². The third-order valence-corrected chi connectivity index (χ3v) is 2.81. The number of amides is 1. The second-order valence-electron chi connectivity index (χ2n) is 4.50. The van der Waals surface area contributed by atoms with Gasteiger partial charge < -0.3 is 10.4 Å². The zero-order chi connectivity index (χ0) is 13.5. The number of hydrogen-bond donors (Lipinski definition) is 2. The molecule has 1 unspecified atom stereocenters. The summed E-state index contributed by atoms with van der Waals surface area (Å²) in [5, 5.41) is 11.4. The first-order chi connectivity index (χ1) is 8.49. The Morgan fingerprint density at radius 3 is 2.61 bits per heavy atom. The van der Waals surface area contributed by atoms with Crippen molar-refractivity contribution in [2.75, 3.05) is 0 Å². The molecule has 0 saturated heterocycles. The lowest BCUT2D eigenvalue weighted by Gasteiger charge is -2.13. The number of carbonyl (C=O) groups is 2. The van der Waals surface area contributed by atoms with Gasteiger partial charge in [0, 0.05) is 12.5 Å². The summed E-state index contributed by atoms with van der Waals surface area (Å²) in [4.78, 5) is 22.2. The Balaban J connectivity index is 2.42. The summed E-state index contributed by atoms with van der Waals surface area (Å²) in [6.45, 7) is 3.79. The lowest BCUT2D eigenvalue weighted by atomic mass is 10.1. The van der Waals surface area contributed by atoms with E-state index in [1.165, 1.54) is 0 Å². The number of nitrogens with one attached hydrogen (secondary N) is 1. The fourth-order valence-electron chi connectivity index (χ4n) is 1.72. The van der Waals surface area contributed by atoms with Gasteiger partial charge in [0.15, 0.2) is 0 Å². The van der Waals surface area contributed by atoms with E-state index in [0.29, 0.717) is 12.8 Å². The van der Waals surface area contributed by atoms with Crippen LogP contribution in [-0.2, 0) is 16.0 Å². The highest BCUT2D eigenvalue weighted by atomic mass is 16.4. The van der Waals surface area contributed by atoms with Crippen LogP contribution in [0.4, 0.5) is 0 Å². The lowest BCUT2D eigenvalue weighted by molar-refractivity contribution is -0.137. The van der Waals surface area contributed by atoms with Gasteiger partial charge in [0.25, 0.3) is 0 Å². The predicted octanol–water partition coefficient (Wildman–Crippen LogP) is 1.91. The van der Waals surface area contributed by atoms with Gasteiger partial charge in [-0.15, -0.1) is 0 Å². The van der Waals surface area contributed by atoms with E-state index in [1.807, 2.05) is 38.1 Å². The van der Waals surface area contributed by atoms with Gasteiger partial charge in [-0.3, -0.25) is 9.59 Å². The van der Waals surface area contributed by atoms with E-state index in [1.54, 1.807) is 0 Å². The second-order valence-corrected chi connectivity index (χ2v) is 4.50. The van der Waals surface area contributed by atoms with Crippen molar-refractivity contribution in [3.05, 3.63) is 35.4 Å². The van der Waals surface area contributed by atoms with Gasteiger partial charge in [-0.1, -0.05) is 24.3 Å². The van der Waals surface area contributed by atoms with Crippen molar-refractivity contribution >= 4 is 11.9 Å². The van der Waals surface area contributed by atoms with E-state index in [2.05, 4.69) is 5.32 Å². The van der Waals surface area contributed by atoms with Crippen LogP contribution in [0.25, 0.3) is 0 Å². The summed E-state index contributed by atoms with van der Waals surface area (Å²) < 4.78 is 0. The summed E-state index contributed by atoms with van der Waals surface area (Å²) in [7, 11) is 0. The fraction of sp³-hybridized carbons (Fsp3) is 0.429. The Bertz CT molecular complexity index is 429. The molecule has 0 aromatic heterocycles. The summed E-state index contributed by atoms with van der Waals surface area (Å²) >= 11 is 0. The Morgan fingerprint density at radius 1 is 1.33 bits per heavy atom. The van der Waals surface area contributed by atoms with Crippen LogP contribution in [0.2, 0.25) is 0 Å². The molecule has 0 aliphatic carbocycles. The van der Waals surface area contributed by atoms with Gasteiger partial charge in [-0.25, -0.2) is 0 Å². The van der Waals surface area contributed by atoms with Gasteiger partial charge in [-0.2, -0.15) is 0 Å². The molecule has 4 nitrogen and oxygen atoms in total. The van der Waals surface area contributed by atoms with Crippen molar-refractivity contribution in [2.45, 2.75) is 39.2 Å². The molecule has 0 fully saturated rings. The molecule has 0 spiro atoms. The largest absolute Gasteiger partial charge is 0.481 e. The Kier molecular flexibility index (Phi) is 5.36. The summed E-state index contributed by atoms with van der Waals surface area (Å²) in [5.74, 6) is -0.905. The van der Waals surface area contributed by atoms with E-state index < -0.39 is 5.97 Å². The zero-order valence-electron chi connectivity index (χ0n) is 10.8. The van der Waals surface area contributed by atoms with Crippen LogP contribution in [0, 0.1) is 6.92 Å². The van der Waals surface area contributed by atoms with Crippen molar-refractivity contribution in [2.24, 2.45) is 0 Å². The molecule has 0 bridgehead atoms. The van der Waals surface area contributed by atoms with E-state index in [9.17, 15) is 9.59 Å². The lowest BCUT2D eigenvalue weighted by Crippen LogP contribution is -2.34. The maximum atomic E-state index is 11.8. The maximum absolute atomic E-state index is 11.8. The number of aryl methyl sites for hydroxylation is 1. The smallest absolute Gasteiger partial charge is 0.303 e. The minimum Gasteiger partial charge on any atom is -0.481 e. The molecule has 1 aromatic rings. The maximum Gasteiger partial charge on any atom is 0.303 e. The van der Waals surface area contributed by atoms with Crippen LogP contribution >= 0.6 is 0 Å². The molecular formula is C14H19NO3. The first-order valence-electron chi connectivity index (χ1n) is 6.04. The third-order valence-electron chi connectivity index (χ3n) is 2.81. The minimum absolute atomic E-state index is 0.0674. The molecular weight excluding hydrogens is 230 g/mol. The third kappa shape index (κ3) is 4.99. The summed E-state index contributed by atoms with van der Waals surface area (Å²) in [6.07, 6.45) is 0.866. The quantitative estimate of drug-likeness (QED) is 0.809. The van der Waals surface area contributed by atoms with Gasteiger partial charge in [0.1, 0.15) is 0 Å². The molecule has 0 saturated carbocycles. The zero-order valence-corrected chi connectivity index (χ0v) is 10.8. The fourth-order valence-corrected chi connectivity index (χ4v) is 1.72. The van der Waals surface area contributed by atoms with Crippen molar-refractivity contribution in [3.63, 3.8) is 0 Å². The number of rotatable bonds is 6. The molecule has 98 valence electrons. The SMILES string of the molecule is Cc1ccccc1CC(=O)NC(C)CCC(=O)O. The van der Waals surface area contributed by atoms with Crippen LogP contribution in [0.1, 0.15) is 30.9 Å². The Morgan fingerprint density at radius 2 is 2.00 bits per heavy atom. The Labute approximate surface area is 107 Å². The molecule has 0 aliphatic rings. The van der Waals surface area contributed by atoms with Crippen LogP contribution in [0.5, 0.6) is 0 Å². The summed E-state index contributed by atoms with van der Waals surface area (Å²) in [5.41, 5.74) is 2.09. The highest BCUT2D eigenvalue weighted by Crippen LogP contribution is 2.08. The van der Waals surface area contributed by atoms with Crippen molar-refractivity contribution in [1.29, 1.82) is 0 Å². The number of carboxylic acid groups (broad SMARTS) is 1. The van der Waals surface area contributed by atoms with Gasteiger partial charge in [-0.05, 0) is 31.4 Å². The predicted molar refractivity (Wildman–Crippen MR) is 69.4 cm³/mol. The van der Waals surface area contributed by atoms with Gasteiger partial charge in [0.2, 0.25) is 5.91 Å². The molecule has 18 heavy (non-hydrogen) atoms. The van der Waals surface area contributed by atoms with Crippen molar-refractivity contribution in [1.82, 2.24) is 5.32 Å². The number of carboxylic acids is 1. The van der Waals surface area contributed by atoms with Crippen LogP contribution in [-0.4, -0.2) is 23.0 Å².